The Morgan fingerprint density at radius 1 is 0.846 bits per heavy atom. The van der Waals surface area contributed by atoms with Crippen LogP contribution in [0.15, 0.2) is 0 Å². The molecule has 0 fully saturated rings. The second-order valence-electron chi connectivity index (χ2n) is 3.83. The Morgan fingerprint density at radius 2 is 1.23 bits per heavy atom. The highest BCUT2D eigenvalue weighted by molar-refractivity contribution is 4.41. The Balaban J connectivity index is 0. The lowest BCUT2D eigenvalue weighted by Gasteiger charge is -1.95. The molecule has 0 saturated carbocycles. The van der Waals surface area contributed by atoms with Gasteiger partial charge in [0.25, 0.3) is 0 Å². The predicted octanol–water partition coefficient (Wildman–Crippen LogP) is 2.52. The Bertz CT molecular complexity index is 65.7. The number of aliphatic hydroxyl groups is 1. The maximum atomic E-state index is 8.42. The largest absolute Gasteiger partial charge is 0.396 e. The van der Waals surface area contributed by atoms with Gasteiger partial charge in [0.1, 0.15) is 0 Å². The molecule has 0 aromatic carbocycles. The third-order valence-corrected chi connectivity index (χ3v) is 1.51. The molecule has 0 aliphatic carbocycles. The maximum Gasteiger partial charge on any atom is 0.0431 e. The quantitative estimate of drug-likeness (QED) is 0.649. The first-order chi connectivity index (χ1) is 6.15. The van der Waals surface area contributed by atoms with E-state index < -0.39 is 0 Å². The Hall–Kier alpha value is -0.0800. The van der Waals surface area contributed by atoms with Gasteiger partial charge in [-0.3, -0.25) is 0 Å². The minimum absolute atomic E-state index is 0.367. The van der Waals surface area contributed by atoms with E-state index in [9.17, 15) is 0 Å². The van der Waals surface area contributed by atoms with Crippen molar-refractivity contribution in [2.75, 3.05) is 27.7 Å². The molecule has 0 rings (SSSR count). The molecular formula is C11H27NO. The molecule has 0 aliphatic heterocycles. The van der Waals surface area contributed by atoms with Crippen molar-refractivity contribution in [3.63, 3.8) is 0 Å². The summed E-state index contributed by atoms with van der Waals surface area (Å²) in [6, 6.07) is 0. The maximum absolute atomic E-state index is 8.42. The van der Waals surface area contributed by atoms with Crippen molar-refractivity contribution in [3.8, 4) is 0 Å². The van der Waals surface area contributed by atoms with Crippen LogP contribution in [0.4, 0.5) is 0 Å². The highest BCUT2D eigenvalue weighted by atomic mass is 16.2. The van der Waals surface area contributed by atoms with Gasteiger partial charge >= 0.3 is 0 Å². The Kier molecular flexibility index (Phi) is 17.1. The number of hydrogen-bond acceptors (Lipinski definition) is 2. The highest BCUT2D eigenvalue weighted by Gasteiger charge is 1.86. The van der Waals surface area contributed by atoms with Crippen LogP contribution in [0.5, 0.6) is 0 Å². The number of rotatable bonds is 6. The Morgan fingerprint density at radius 3 is 1.62 bits per heavy atom. The van der Waals surface area contributed by atoms with Gasteiger partial charge in [-0.25, -0.2) is 0 Å². The smallest absolute Gasteiger partial charge is 0.0431 e. The average molecular weight is 189 g/mol. The monoisotopic (exact) mass is 189 g/mol. The summed E-state index contributed by atoms with van der Waals surface area (Å²) in [5.74, 6) is 0. The van der Waals surface area contributed by atoms with E-state index in [1.807, 2.05) is 26.0 Å². The number of aliphatic hydroxyl groups excluding tert-OH is 1. The average Bonchev–Trinajstić information content (AvgIpc) is 2.03. The minimum atomic E-state index is 0.367. The summed E-state index contributed by atoms with van der Waals surface area (Å²) in [6.07, 6.45) is 7.50. The summed E-state index contributed by atoms with van der Waals surface area (Å²) >= 11 is 0. The molecule has 2 nitrogen and oxygen atoms in total. The summed E-state index contributed by atoms with van der Waals surface area (Å²) in [4.78, 5) is 2.00. The lowest BCUT2D eigenvalue weighted by Crippen LogP contribution is -1.99. The molecule has 0 heterocycles. The minimum Gasteiger partial charge on any atom is -0.396 e. The van der Waals surface area contributed by atoms with Gasteiger partial charge in [0, 0.05) is 6.61 Å². The molecule has 2 heteroatoms. The van der Waals surface area contributed by atoms with Crippen molar-refractivity contribution in [2.45, 2.75) is 45.4 Å². The molecular weight excluding hydrogens is 162 g/mol. The molecule has 13 heavy (non-hydrogen) atoms. The van der Waals surface area contributed by atoms with Crippen LogP contribution < -0.4 is 0 Å². The van der Waals surface area contributed by atoms with E-state index in [0.717, 1.165) is 6.42 Å². The molecule has 1 N–H and O–H groups in total. The van der Waals surface area contributed by atoms with Crippen molar-refractivity contribution in [2.24, 2.45) is 0 Å². The molecule has 0 aromatic rings. The SMILES string of the molecule is CCCCCCCCO.CN(C)C. The number of nitrogens with zero attached hydrogens (tertiary/aromatic N) is 1. The van der Waals surface area contributed by atoms with Crippen LogP contribution in [0.1, 0.15) is 45.4 Å². The fourth-order valence-electron chi connectivity index (χ4n) is 0.892. The molecule has 0 aromatic heterocycles. The van der Waals surface area contributed by atoms with Crippen molar-refractivity contribution in [1.82, 2.24) is 4.90 Å². The summed E-state index contributed by atoms with van der Waals surface area (Å²) in [5, 5.41) is 8.42. The van der Waals surface area contributed by atoms with Crippen LogP contribution in [0.25, 0.3) is 0 Å². The second-order valence-corrected chi connectivity index (χ2v) is 3.83. The lowest BCUT2D eigenvalue weighted by molar-refractivity contribution is 0.282. The van der Waals surface area contributed by atoms with E-state index in [-0.39, 0.29) is 0 Å². The van der Waals surface area contributed by atoms with E-state index >= 15 is 0 Å². The molecule has 82 valence electrons. The van der Waals surface area contributed by atoms with Crippen LogP contribution in [0.3, 0.4) is 0 Å². The highest BCUT2D eigenvalue weighted by Crippen LogP contribution is 2.03. The van der Waals surface area contributed by atoms with Crippen LogP contribution in [0, 0.1) is 0 Å². The molecule has 0 aliphatic rings. The molecule has 0 unspecified atom stereocenters. The molecule has 0 amide bonds. The van der Waals surface area contributed by atoms with E-state index in [2.05, 4.69) is 6.92 Å². The van der Waals surface area contributed by atoms with Gasteiger partial charge in [-0.05, 0) is 27.6 Å². The summed E-state index contributed by atoms with van der Waals surface area (Å²) in [5.41, 5.74) is 0. The molecule has 0 saturated heterocycles. The molecule has 0 bridgehead atoms. The third kappa shape index (κ3) is 33.5. The van der Waals surface area contributed by atoms with Crippen molar-refractivity contribution < 1.29 is 5.11 Å². The zero-order valence-corrected chi connectivity index (χ0v) is 9.84. The van der Waals surface area contributed by atoms with Crippen LogP contribution in [0.2, 0.25) is 0 Å². The van der Waals surface area contributed by atoms with E-state index in [1.54, 1.807) is 0 Å². The standard InChI is InChI=1S/C8H18O.C3H9N/c1-2-3-4-5-6-7-8-9;1-4(2)3/h9H,2-8H2,1H3;1-3H3. The normalized spacial score (nSPS) is 9.69. The fraction of sp³-hybridized carbons (Fsp3) is 1.00. The second kappa shape index (κ2) is 14.4. The number of hydrogen-bond donors (Lipinski definition) is 1. The Labute approximate surface area is 83.9 Å². The van der Waals surface area contributed by atoms with E-state index in [1.165, 1.54) is 32.1 Å². The lowest BCUT2D eigenvalue weighted by atomic mass is 10.1. The zero-order chi connectivity index (χ0) is 10.5. The van der Waals surface area contributed by atoms with Crippen LogP contribution >= 0.6 is 0 Å². The van der Waals surface area contributed by atoms with E-state index in [4.69, 9.17) is 5.11 Å². The van der Waals surface area contributed by atoms with Crippen molar-refractivity contribution >= 4 is 0 Å². The third-order valence-electron chi connectivity index (χ3n) is 1.51. The van der Waals surface area contributed by atoms with Crippen LogP contribution in [-0.4, -0.2) is 37.8 Å². The first kappa shape index (κ1) is 15.4. The van der Waals surface area contributed by atoms with Gasteiger partial charge in [0.05, 0.1) is 0 Å². The van der Waals surface area contributed by atoms with Gasteiger partial charge in [0.2, 0.25) is 0 Å². The van der Waals surface area contributed by atoms with Gasteiger partial charge in [-0.2, -0.15) is 0 Å². The summed E-state index contributed by atoms with van der Waals surface area (Å²) in [6.45, 7) is 2.58. The zero-order valence-electron chi connectivity index (χ0n) is 9.84. The van der Waals surface area contributed by atoms with Gasteiger partial charge in [-0.15, -0.1) is 0 Å². The first-order valence-corrected chi connectivity index (χ1v) is 5.36. The first-order valence-electron chi connectivity index (χ1n) is 5.36. The topological polar surface area (TPSA) is 23.5 Å². The summed E-state index contributed by atoms with van der Waals surface area (Å²) < 4.78 is 0. The molecule has 0 atom stereocenters. The fourth-order valence-corrected chi connectivity index (χ4v) is 0.892. The van der Waals surface area contributed by atoms with Gasteiger partial charge < -0.3 is 10.0 Å². The van der Waals surface area contributed by atoms with E-state index in [0.29, 0.717) is 6.61 Å². The van der Waals surface area contributed by atoms with Crippen molar-refractivity contribution in [3.05, 3.63) is 0 Å². The predicted molar refractivity (Wildman–Crippen MR) is 60.1 cm³/mol. The summed E-state index contributed by atoms with van der Waals surface area (Å²) in [7, 11) is 6.00. The van der Waals surface area contributed by atoms with Crippen LogP contribution in [-0.2, 0) is 0 Å². The van der Waals surface area contributed by atoms with Crippen molar-refractivity contribution in [1.29, 1.82) is 0 Å². The van der Waals surface area contributed by atoms with Gasteiger partial charge in [0.15, 0.2) is 0 Å². The molecule has 0 radical (unpaired) electrons. The number of unbranched alkanes of at least 4 members (excludes halogenated alkanes) is 5. The molecule has 0 spiro atoms. The van der Waals surface area contributed by atoms with Gasteiger partial charge in [-0.1, -0.05) is 39.0 Å².